The maximum Gasteiger partial charge on any atom is 0.407 e. The van der Waals surface area contributed by atoms with Gasteiger partial charge in [-0.2, -0.15) is 5.06 Å². The third-order valence-corrected chi connectivity index (χ3v) is 7.46. The Kier molecular flexibility index (Phi) is 7.57. The number of alkyl carbamates (subject to hydrolysis) is 1. The number of hydrogen-bond donors (Lipinski definition) is 2. The number of amides is 2. The number of carbonyl (C=O) groups excluding carboxylic acids is 2. The first kappa shape index (κ1) is 25.8. The standard InChI is InChI=1S/C33H31N3O4/c37-32(20-34-33(38)39-22-29-27-17-9-7-15-25(27)26-16-8-10-18-28(26)29)35-31-19-30(24-13-5-2-6-14-24)40-36(31)21-23-11-3-1-4-12-23/h1-18,29-31H,19-22H2,(H,34,38)(H,35,37)/t30-,31+/m1/s1. The minimum Gasteiger partial charge on any atom is -0.449 e. The van der Waals surface area contributed by atoms with Crippen molar-refractivity contribution in [3.8, 4) is 11.1 Å². The molecule has 40 heavy (non-hydrogen) atoms. The number of hydroxylamine groups is 2. The van der Waals surface area contributed by atoms with Gasteiger partial charge in [0, 0.05) is 12.3 Å². The summed E-state index contributed by atoms with van der Waals surface area (Å²) < 4.78 is 5.57. The fourth-order valence-electron chi connectivity index (χ4n) is 5.55. The molecule has 0 bridgehead atoms. The smallest absolute Gasteiger partial charge is 0.407 e. The van der Waals surface area contributed by atoms with E-state index < -0.39 is 6.09 Å². The van der Waals surface area contributed by atoms with Crippen LogP contribution in [0.15, 0.2) is 109 Å². The minimum atomic E-state index is -0.622. The predicted molar refractivity (Wildman–Crippen MR) is 152 cm³/mol. The highest BCUT2D eigenvalue weighted by Gasteiger charge is 2.35. The first-order valence-corrected chi connectivity index (χ1v) is 13.6. The molecular formula is C33H31N3O4. The second-order valence-corrected chi connectivity index (χ2v) is 10.1. The summed E-state index contributed by atoms with van der Waals surface area (Å²) in [6.45, 7) is 0.527. The van der Waals surface area contributed by atoms with E-state index in [1.54, 1.807) is 5.06 Å². The molecule has 1 aliphatic heterocycles. The van der Waals surface area contributed by atoms with E-state index in [4.69, 9.17) is 9.57 Å². The summed E-state index contributed by atoms with van der Waals surface area (Å²) in [7, 11) is 0. The van der Waals surface area contributed by atoms with Gasteiger partial charge in [0.1, 0.15) is 25.4 Å². The molecule has 2 aliphatic rings. The third-order valence-electron chi connectivity index (χ3n) is 7.46. The number of fused-ring (bicyclic) bond motifs is 3. The van der Waals surface area contributed by atoms with Crippen LogP contribution in [0.2, 0.25) is 0 Å². The molecule has 0 unspecified atom stereocenters. The fourth-order valence-corrected chi connectivity index (χ4v) is 5.55. The first-order valence-electron chi connectivity index (χ1n) is 13.6. The van der Waals surface area contributed by atoms with Crippen molar-refractivity contribution < 1.29 is 19.2 Å². The molecule has 0 saturated carbocycles. The molecular weight excluding hydrogens is 502 g/mol. The average Bonchev–Trinajstić information content (AvgIpc) is 3.54. The van der Waals surface area contributed by atoms with Gasteiger partial charge in [-0.25, -0.2) is 4.79 Å². The molecule has 1 saturated heterocycles. The third kappa shape index (κ3) is 5.61. The van der Waals surface area contributed by atoms with Gasteiger partial charge in [-0.1, -0.05) is 109 Å². The quantitative estimate of drug-likeness (QED) is 0.311. The van der Waals surface area contributed by atoms with Gasteiger partial charge in [0.25, 0.3) is 0 Å². The van der Waals surface area contributed by atoms with Crippen molar-refractivity contribution in [2.45, 2.75) is 31.2 Å². The highest BCUT2D eigenvalue weighted by molar-refractivity contribution is 5.82. The van der Waals surface area contributed by atoms with Gasteiger partial charge in [0.2, 0.25) is 5.91 Å². The molecule has 7 nitrogen and oxygen atoms in total. The summed E-state index contributed by atoms with van der Waals surface area (Å²) in [6, 6.07) is 36.3. The van der Waals surface area contributed by atoms with Gasteiger partial charge in [-0.3, -0.25) is 9.63 Å². The molecule has 4 aromatic carbocycles. The summed E-state index contributed by atoms with van der Waals surface area (Å²) >= 11 is 0. The molecule has 1 aliphatic carbocycles. The van der Waals surface area contributed by atoms with Gasteiger partial charge in [0.15, 0.2) is 0 Å². The zero-order valence-corrected chi connectivity index (χ0v) is 22.0. The Morgan fingerprint density at radius 2 is 1.40 bits per heavy atom. The van der Waals surface area contributed by atoms with Crippen LogP contribution in [0.3, 0.4) is 0 Å². The SMILES string of the molecule is O=C(CNC(=O)OCC1c2ccccc2-c2ccccc21)N[C@@H]1C[C@H](c2ccccc2)ON1Cc1ccccc1. The van der Waals surface area contributed by atoms with Crippen LogP contribution in [0.1, 0.15) is 40.7 Å². The maximum absolute atomic E-state index is 12.9. The second-order valence-electron chi connectivity index (χ2n) is 10.1. The molecule has 202 valence electrons. The van der Waals surface area contributed by atoms with Crippen LogP contribution in [0.4, 0.5) is 4.79 Å². The van der Waals surface area contributed by atoms with Crippen molar-refractivity contribution in [2.75, 3.05) is 13.2 Å². The lowest BCUT2D eigenvalue weighted by atomic mass is 9.98. The van der Waals surface area contributed by atoms with Crippen molar-refractivity contribution in [3.63, 3.8) is 0 Å². The summed E-state index contributed by atoms with van der Waals surface area (Å²) in [5, 5.41) is 7.43. The van der Waals surface area contributed by atoms with Crippen molar-refractivity contribution in [2.24, 2.45) is 0 Å². The second kappa shape index (κ2) is 11.7. The molecule has 0 radical (unpaired) electrons. The van der Waals surface area contributed by atoms with Crippen LogP contribution in [-0.2, 0) is 20.9 Å². The summed E-state index contributed by atoms with van der Waals surface area (Å²) in [6.07, 6.45) is -0.552. The Morgan fingerprint density at radius 3 is 2.08 bits per heavy atom. The summed E-state index contributed by atoms with van der Waals surface area (Å²) in [5.74, 6) is -0.349. The van der Waals surface area contributed by atoms with Gasteiger partial charge < -0.3 is 15.4 Å². The highest BCUT2D eigenvalue weighted by atomic mass is 16.7. The fraction of sp³-hybridized carbons (Fsp3) is 0.212. The van der Waals surface area contributed by atoms with E-state index in [9.17, 15) is 9.59 Å². The van der Waals surface area contributed by atoms with Crippen LogP contribution in [0.25, 0.3) is 11.1 Å². The van der Waals surface area contributed by atoms with Gasteiger partial charge in [-0.05, 0) is 33.4 Å². The summed E-state index contributed by atoms with van der Waals surface area (Å²) in [4.78, 5) is 31.7. The number of nitrogens with one attached hydrogen (secondary N) is 2. The van der Waals surface area contributed by atoms with E-state index in [0.29, 0.717) is 13.0 Å². The Labute approximate surface area is 233 Å². The van der Waals surface area contributed by atoms with Gasteiger partial charge in [0.05, 0.1) is 6.54 Å². The molecule has 0 spiro atoms. The van der Waals surface area contributed by atoms with Crippen molar-refractivity contribution in [1.29, 1.82) is 0 Å². The Balaban J connectivity index is 1.04. The van der Waals surface area contributed by atoms with Gasteiger partial charge in [-0.15, -0.1) is 0 Å². The lowest BCUT2D eigenvalue weighted by Gasteiger charge is -2.23. The van der Waals surface area contributed by atoms with Crippen LogP contribution in [0.5, 0.6) is 0 Å². The van der Waals surface area contributed by atoms with Crippen LogP contribution in [0, 0.1) is 0 Å². The molecule has 1 heterocycles. The zero-order valence-electron chi connectivity index (χ0n) is 22.0. The highest BCUT2D eigenvalue weighted by Crippen LogP contribution is 2.44. The number of rotatable bonds is 8. The molecule has 0 aromatic heterocycles. The average molecular weight is 534 g/mol. The molecule has 6 rings (SSSR count). The number of ether oxygens (including phenoxy) is 1. The Morgan fingerprint density at radius 1 is 0.800 bits per heavy atom. The Hall–Kier alpha value is -4.46. The van der Waals surface area contributed by atoms with Crippen LogP contribution < -0.4 is 10.6 Å². The zero-order chi connectivity index (χ0) is 27.3. The molecule has 7 heteroatoms. The maximum atomic E-state index is 12.9. The van der Waals surface area contributed by atoms with Gasteiger partial charge >= 0.3 is 6.09 Å². The van der Waals surface area contributed by atoms with Crippen molar-refractivity contribution in [3.05, 3.63) is 131 Å². The van der Waals surface area contributed by atoms with Crippen LogP contribution in [-0.4, -0.2) is 36.4 Å². The minimum absolute atomic E-state index is 0.0379. The topological polar surface area (TPSA) is 79.9 Å². The molecule has 1 fully saturated rings. The first-order chi connectivity index (χ1) is 19.7. The molecule has 2 atom stereocenters. The molecule has 4 aromatic rings. The normalized spacial score (nSPS) is 18.1. The largest absolute Gasteiger partial charge is 0.449 e. The number of hydrogen-bond acceptors (Lipinski definition) is 5. The van der Waals surface area contributed by atoms with E-state index in [-0.39, 0.29) is 37.2 Å². The van der Waals surface area contributed by atoms with E-state index >= 15 is 0 Å². The van der Waals surface area contributed by atoms with E-state index in [2.05, 4.69) is 34.9 Å². The van der Waals surface area contributed by atoms with E-state index in [1.165, 1.54) is 11.1 Å². The Bertz CT molecular complexity index is 1430. The summed E-state index contributed by atoms with van der Waals surface area (Å²) in [5.41, 5.74) is 6.74. The number of carbonyl (C=O) groups is 2. The van der Waals surface area contributed by atoms with E-state index in [1.807, 2.05) is 84.9 Å². The monoisotopic (exact) mass is 533 g/mol. The molecule has 2 amide bonds. The van der Waals surface area contributed by atoms with Crippen molar-refractivity contribution >= 4 is 12.0 Å². The predicted octanol–water partition coefficient (Wildman–Crippen LogP) is 5.55. The lowest BCUT2D eigenvalue weighted by Crippen LogP contribution is -2.47. The lowest BCUT2D eigenvalue weighted by molar-refractivity contribution is -0.177. The number of nitrogens with zero attached hydrogens (tertiary/aromatic N) is 1. The van der Waals surface area contributed by atoms with E-state index in [0.717, 1.165) is 22.3 Å². The van der Waals surface area contributed by atoms with Crippen LogP contribution >= 0.6 is 0 Å². The number of benzene rings is 4. The molecule has 2 N–H and O–H groups in total. The van der Waals surface area contributed by atoms with Crippen molar-refractivity contribution in [1.82, 2.24) is 15.7 Å².